The predicted octanol–water partition coefficient (Wildman–Crippen LogP) is 6.28. The first-order chi connectivity index (χ1) is 19.4. The lowest BCUT2D eigenvalue weighted by molar-refractivity contribution is -0.128. The van der Waals surface area contributed by atoms with E-state index in [0.717, 1.165) is 76.5 Å². The molecule has 9 heteroatoms. The standard InChI is InChI=1S/C31H36N6O2S/c1-20(2)30-34-35-31(40-30)22-6-8-26(9-7-22)39-27-17-23(4-5-24(27)19-36-18-21(3)16-28(36)38)29-33-14-15-37(29)25-10-12-32-13-11-25/h4-9,14-15,17,20-21,25,32H,10-13,16,18-19H2,1-3H3/t21-/m0/s1. The lowest BCUT2D eigenvalue weighted by Crippen LogP contribution is -2.29. The summed E-state index contributed by atoms with van der Waals surface area (Å²) in [7, 11) is 0. The van der Waals surface area contributed by atoms with Crippen LogP contribution >= 0.6 is 11.3 Å². The largest absolute Gasteiger partial charge is 0.457 e. The van der Waals surface area contributed by atoms with Crippen molar-refractivity contribution in [3.8, 4) is 33.5 Å². The predicted molar refractivity (Wildman–Crippen MR) is 158 cm³/mol. The maximum Gasteiger partial charge on any atom is 0.223 e. The quantitative estimate of drug-likeness (QED) is 0.275. The molecule has 1 atom stereocenters. The van der Waals surface area contributed by atoms with E-state index in [1.807, 2.05) is 35.4 Å². The van der Waals surface area contributed by atoms with Gasteiger partial charge in [0, 0.05) is 60.6 Å². The number of aromatic nitrogens is 4. The van der Waals surface area contributed by atoms with Crippen molar-refractivity contribution in [3.63, 3.8) is 0 Å². The van der Waals surface area contributed by atoms with Crippen LogP contribution in [0.1, 0.15) is 62.6 Å². The van der Waals surface area contributed by atoms with Crippen LogP contribution in [0.15, 0.2) is 54.9 Å². The van der Waals surface area contributed by atoms with Gasteiger partial charge in [0.15, 0.2) is 0 Å². The van der Waals surface area contributed by atoms with Crippen molar-refractivity contribution in [2.24, 2.45) is 5.92 Å². The number of piperidine rings is 1. The molecule has 2 aromatic heterocycles. The van der Waals surface area contributed by atoms with Crippen LogP contribution in [-0.4, -0.2) is 50.2 Å². The van der Waals surface area contributed by atoms with Crippen LogP contribution in [0.2, 0.25) is 0 Å². The minimum atomic E-state index is 0.200. The van der Waals surface area contributed by atoms with Gasteiger partial charge in [0.25, 0.3) is 0 Å². The van der Waals surface area contributed by atoms with Crippen molar-refractivity contribution in [2.45, 2.75) is 58.5 Å². The van der Waals surface area contributed by atoms with Gasteiger partial charge in [-0.15, -0.1) is 10.2 Å². The fourth-order valence-corrected chi connectivity index (χ4v) is 6.39. The average molecular weight is 557 g/mol. The Bertz CT molecular complexity index is 1470. The Labute approximate surface area is 239 Å². The summed E-state index contributed by atoms with van der Waals surface area (Å²) in [5.74, 6) is 3.36. The SMILES string of the molecule is CC(C)c1nnc(-c2ccc(Oc3cc(-c4nccn4C4CCNCC4)ccc3CN3C[C@@H](C)CC3=O)cc2)s1. The Kier molecular flexibility index (Phi) is 7.67. The molecule has 8 nitrogen and oxygen atoms in total. The molecule has 40 heavy (non-hydrogen) atoms. The summed E-state index contributed by atoms with van der Waals surface area (Å²) >= 11 is 1.62. The number of amides is 1. The van der Waals surface area contributed by atoms with E-state index in [9.17, 15) is 4.79 Å². The van der Waals surface area contributed by atoms with Crippen LogP contribution in [0, 0.1) is 5.92 Å². The van der Waals surface area contributed by atoms with E-state index in [2.05, 4.69) is 65.2 Å². The van der Waals surface area contributed by atoms with Gasteiger partial charge in [-0.2, -0.15) is 0 Å². The van der Waals surface area contributed by atoms with Gasteiger partial charge in [-0.05, 0) is 62.2 Å². The molecular weight excluding hydrogens is 520 g/mol. The second-order valence-electron chi connectivity index (χ2n) is 11.3. The summed E-state index contributed by atoms with van der Waals surface area (Å²) in [5, 5.41) is 14.1. The first-order valence-electron chi connectivity index (χ1n) is 14.2. The summed E-state index contributed by atoms with van der Waals surface area (Å²) in [5.41, 5.74) is 3.02. The first-order valence-corrected chi connectivity index (χ1v) is 15.0. The van der Waals surface area contributed by atoms with Crippen LogP contribution in [0.3, 0.4) is 0 Å². The number of hydrogen-bond donors (Lipinski definition) is 1. The van der Waals surface area contributed by atoms with Crippen LogP contribution < -0.4 is 10.1 Å². The van der Waals surface area contributed by atoms with E-state index in [-0.39, 0.29) is 5.91 Å². The minimum absolute atomic E-state index is 0.200. The molecule has 0 bridgehead atoms. The van der Waals surface area contributed by atoms with Gasteiger partial charge in [0.05, 0.1) is 0 Å². The molecule has 2 aliphatic heterocycles. The first kappa shape index (κ1) is 26.7. The molecule has 2 saturated heterocycles. The Morgan fingerprint density at radius 1 is 1.07 bits per heavy atom. The summed E-state index contributed by atoms with van der Waals surface area (Å²) in [4.78, 5) is 19.3. The average Bonchev–Trinajstić information content (AvgIpc) is 3.71. The Balaban J connectivity index is 1.30. The van der Waals surface area contributed by atoms with Crippen molar-refractivity contribution in [1.29, 1.82) is 0 Å². The van der Waals surface area contributed by atoms with Gasteiger partial charge in [0.2, 0.25) is 5.91 Å². The van der Waals surface area contributed by atoms with Gasteiger partial charge in [0.1, 0.15) is 27.3 Å². The summed E-state index contributed by atoms with van der Waals surface area (Å²) in [6.07, 6.45) is 6.74. The normalized spacial score (nSPS) is 18.1. The van der Waals surface area contributed by atoms with Crippen molar-refractivity contribution in [3.05, 3.63) is 65.4 Å². The number of carbonyl (C=O) groups excluding carboxylic acids is 1. The monoisotopic (exact) mass is 556 g/mol. The molecule has 0 radical (unpaired) electrons. The van der Waals surface area contributed by atoms with Crippen molar-refractivity contribution < 1.29 is 9.53 Å². The number of imidazole rings is 1. The van der Waals surface area contributed by atoms with Crippen molar-refractivity contribution in [2.75, 3.05) is 19.6 Å². The minimum Gasteiger partial charge on any atom is -0.457 e. The van der Waals surface area contributed by atoms with Crippen LogP contribution in [0.25, 0.3) is 22.0 Å². The van der Waals surface area contributed by atoms with Crippen molar-refractivity contribution in [1.82, 2.24) is 30.0 Å². The van der Waals surface area contributed by atoms with Crippen LogP contribution in [0.5, 0.6) is 11.5 Å². The van der Waals surface area contributed by atoms with Gasteiger partial charge >= 0.3 is 0 Å². The molecule has 1 N–H and O–H groups in total. The van der Waals surface area contributed by atoms with E-state index in [0.29, 0.717) is 30.8 Å². The highest BCUT2D eigenvalue weighted by Crippen LogP contribution is 2.35. The van der Waals surface area contributed by atoms with E-state index in [1.165, 1.54) is 0 Å². The summed E-state index contributed by atoms with van der Waals surface area (Å²) in [6, 6.07) is 14.7. The number of likely N-dealkylation sites (tertiary alicyclic amines) is 1. The Hall–Kier alpha value is -3.56. The third-order valence-electron chi connectivity index (χ3n) is 7.73. The molecule has 1 amide bonds. The molecule has 4 heterocycles. The number of ether oxygens (including phenoxy) is 1. The highest BCUT2D eigenvalue weighted by molar-refractivity contribution is 7.14. The molecular formula is C31H36N6O2S. The number of nitrogens with one attached hydrogen (secondary N) is 1. The third kappa shape index (κ3) is 5.67. The number of rotatable bonds is 8. The highest BCUT2D eigenvalue weighted by Gasteiger charge is 2.27. The zero-order valence-corrected chi connectivity index (χ0v) is 24.2. The maximum atomic E-state index is 12.6. The zero-order valence-electron chi connectivity index (χ0n) is 23.3. The van der Waals surface area contributed by atoms with E-state index in [1.54, 1.807) is 11.3 Å². The Morgan fingerprint density at radius 2 is 1.85 bits per heavy atom. The summed E-state index contributed by atoms with van der Waals surface area (Å²) in [6.45, 7) is 9.72. The maximum absolute atomic E-state index is 12.6. The fraction of sp³-hybridized carbons (Fsp3) is 0.419. The molecule has 4 aromatic rings. The topological polar surface area (TPSA) is 85.2 Å². The van der Waals surface area contributed by atoms with Gasteiger partial charge in [-0.1, -0.05) is 44.2 Å². The van der Waals surface area contributed by atoms with Crippen molar-refractivity contribution >= 4 is 17.2 Å². The molecule has 0 saturated carbocycles. The summed E-state index contributed by atoms with van der Waals surface area (Å²) < 4.78 is 8.82. The number of carbonyl (C=O) groups is 1. The molecule has 0 spiro atoms. The van der Waals surface area contributed by atoms with E-state index in [4.69, 9.17) is 9.72 Å². The van der Waals surface area contributed by atoms with E-state index < -0.39 is 0 Å². The van der Waals surface area contributed by atoms with E-state index >= 15 is 0 Å². The van der Waals surface area contributed by atoms with Gasteiger partial charge in [-0.3, -0.25) is 4.79 Å². The highest BCUT2D eigenvalue weighted by atomic mass is 32.1. The lowest BCUT2D eigenvalue weighted by atomic mass is 10.0. The van der Waals surface area contributed by atoms with Gasteiger partial charge in [-0.25, -0.2) is 4.98 Å². The molecule has 2 aromatic carbocycles. The fourth-order valence-electron chi connectivity index (χ4n) is 5.54. The lowest BCUT2D eigenvalue weighted by Gasteiger charge is -2.26. The molecule has 2 fully saturated rings. The van der Waals surface area contributed by atoms with Gasteiger partial charge < -0.3 is 19.5 Å². The molecule has 6 rings (SSSR count). The smallest absolute Gasteiger partial charge is 0.223 e. The van der Waals surface area contributed by atoms with Crippen LogP contribution in [-0.2, 0) is 11.3 Å². The zero-order chi connectivity index (χ0) is 27.6. The Morgan fingerprint density at radius 3 is 2.55 bits per heavy atom. The second kappa shape index (κ2) is 11.5. The number of hydrogen-bond acceptors (Lipinski definition) is 7. The van der Waals surface area contributed by atoms with Crippen LogP contribution in [0.4, 0.5) is 0 Å². The second-order valence-corrected chi connectivity index (χ2v) is 12.3. The third-order valence-corrected chi connectivity index (χ3v) is 9.00. The number of benzene rings is 2. The molecule has 208 valence electrons. The molecule has 0 unspecified atom stereocenters. The molecule has 2 aliphatic rings. The number of nitrogens with zero attached hydrogens (tertiary/aromatic N) is 5. The molecule has 0 aliphatic carbocycles.